The third-order valence-electron chi connectivity index (χ3n) is 2.99. The molecule has 0 spiro atoms. The Morgan fingerprint density at radius 1 is 1.38 bits per heavy atom. The van der Waals surface area contributed by atoms with Crippen molar-refractivity contribution in [1.29, 1.82) is 0 Å². The molecule has 0 saturated carbocycles. The number of hydrogen-bond acceptors (Lipinski definition) is 5. The molecule has 1 N–H and O–H groups in total. The molecule has 1 aromatic carbocycles. The number of amides is 1. The molecule has 1 aromatic heterocycles. The van der Waals surface area contributed by atoms with E-state index in [0.717, 1.165) is 11.3 Å². The minimum atomic E-state index is -1.11. The van der Waals surface area contributed by atoms with Crippen LogP contribution in [0.1, 0.15) is 25.9 Å². The molecule has 0 atom stereocenters. The second kappa shape index (κ2) is 5.05. The van der Waals surface area contributed by atoms with E-state index in [9.17, 15) is 14.4 Å². The van der Waals surface area contributed by atoms with E-state index in [1.807, 2.05) is 0 Å². The molecule has 8 heteroatoms. The number of carbonyl (C=O) groups is 3. The number of rotatable bonds is 3. The average molecular weight is 367 g/mol. The molecule has 106 valence electrons. The fourth-order valence-electron chi connectivity index (χ4n) is 2.07. The van der Waals surface area contributed by atoms with Gasteiger partial charge < -0.3 is 5.11 Å². The van der Waals surface area contributed by atoms with Gasteiger partial charge in [0.05, 0.1) is 23.5 Å². The summed E-state index contributed by atoms with van der Waals surface area (Å²) < 4.78 is 0.714. The van der Waals surface area contributed by atoms with Crippen LogP contribution in [0.4, 0.5) is 5.69 Å². The standard InChI is InChI=1S/C13H7BrN2O4S/c14-6-1-2-9-8(3-6)10(17)12(18)16(9)4-7-5-21-11(15-7)13(19)20/h1-3,5H,4H2,(H,19,20). The van der Waals surface area contributed by atoms with Crippen molar-refractivity contribution < 1.29 is 19.5 Å². The van der Waals surface area contributed by atoms with E-state index >= 15 is 0 Å². The smallest absolute Gasteiger partial charge is 0.365 e. The Kier molecular flexibility index (Phi) is 3.34. The quantitative estimate of drug-likeness (QED) is 0.842. The Balaban J connectivity index is 1.94. The summed E-state index contributed by atoms with van der Waals surface area (Å²) in [6.45, 7) is 0.0724. The molecule has 0 fully saturated rings. The molecule has 0 unspecified atom stereocenters. The first-order valence-corrected chi connectivity index (χ1v) is 7.48. The number of halogens is 1. The van der Waals surface area contributed by atoms with E-state index in [0.29, 0.717) is 21.4 Å². The summed E-state index contributed by atoms with van der Waals surface area (Å²) in [5.41, 5.74) is 1.29. The molecule has 6 nitrogen and oxygen atoms in total. The van der Waals surface area contributed by atoms with Gasteiger partial charge in [-0.25, -0.2) is 9.78 Å². The zero-order valence-electron chi connectivity index (χ0n) is 10.4. The average Bonchev–Trinajstić information content (AvgIpc) is 2.99. The first-order valence-electron chi connectivity index (χ1n) is 5.81. The van der Waals surface area contributed by atoms with Crippen LogP contribution < -0.4 is 4.90 Å². The van der Waals surface area contributed by atoms with Crippen LogP contribution in [0.5, 0.6) is 0 Å². The third kappa shape index (κ3) is 2.36. The molecular weight excluding hydrogens is 360 g/mol. The fraction of sp³-hybridized carbons (Fsp3) is 0.0769. The van der Waals surface area contributed by atoms with E-state index in [2.05, 4.69) is 20.9 Å². The molecule has 1 aliphatic heterocycles. The predicted molar refractivity (Wildman–Crippen MR) is 78.7 cm³/mol. The summed E-state index contributed by atoms with van der Waals surface area (Å²) >= 11 is 4.25. The van der Waals surface area contributed by atoms with Crippen LogP contribution in [0, 0.1) is 0 Å². The minimum Gasteiger partial charge on any atom is -0.476 e. The number of ketones is 1. The molecule has 1 aliphatic rings. The van der Waals surface area contributed by atoms with Crippen molar-refractivity contribution in [2.24, 2.45) is 0 Å². The Bertz CT molecular complexity index is 786. The fourth-order valence-corrected chi connectivity index (χ4v) is 3.08. The summed E-state index contributed by atoms with van der Waals surface area (Å²) in [6, 6.07) is 5.01. The second-order valence-corrected chi connectivity index (χ2v) is 6.10. The van der Waals surface area contributed by atoms with Crippen molar-refractivity contribution in [1.82, 2.24) is 4.98 Å². The Labute approximate surface area is 131 Å². The van der Waals surface area contributed by atoms with Gasteiger partial charge in [-0.15, -0.1) is 11.3 Å². The number of carbonyl (C=O) groups excluding carboxylic acids is 2. The van der Waals surface area contributed by atoms with E-state index in [-0.39, 0.29) is 11.6 Å². The second-order valence-electron chi connectivity index (χ2n) is 4.33. The Morgan fingerprint density at radius 3 is 2.81 bits per heavy atom. The highest BCUT2D eigenvalue weighted by Gasteiger charge is 2.36. The van der Waals surface area contributed by atoms with Crippen molar-refractivity contribution in [3.8, 4) is 0 Å². The first-order chi connectivity index (χ1) is 9.97. The number of benzene rings is 1. The SMILES string of the molecule is O=C(O)c1nc(CN2C(=O)C(=O)c3cc(Br)ccc32)cs1. The topological polar surface area (TPSA) is 87.6 Å². The highest BCUT2D eigenvalue weighted by Crippen LogP contribution is 2.32. The van der Waals surface area contributed by atoms with Crippen LogP contribution >= 0.6 is 27.3 Å². The molecule has 0 bridgehead atoms. The number of aromatic nitrogens is 1. The summed E-state index contributed by atoms with van der Waals surface area (Å²) in [7, 11) is 0. The number of thiazole rings is 1. The van der Waals surface area contributed by atoms with Crippen LogP contribution in [-0.2, 0) is 11.3 Å². The molecule has 3 rings (SSSR count). The highest BCUT2D eigenvalue weighted by atomic mass is 79.9. The highest BCUT2D eigenvalue weighted by molar-refractivity contribution is 9.10. The van der Waals surface area contributed by atoms with Crippen molar-refractivity contribution in [2.75, 3.05) is 4.90 Å². The normalized spacial score (nSPS) is 13.7. The van der Waals surface area contributed by atoms with Crippen LogP contribution in [0.3, 0.4) is 0 Å². The van der Waals surface area contributed by atoms with Crippen LogP contribution in [0.15, 0.2) is 28.1 Å². The lowest BCUT2D eigenvalue weighted by molar-refractivity contribution is -0.114. The third-order valence-corrected chi connectivity index (χ3v) is 4.36. The van der Waals surface area contributed by atoms with Gasteiger partial charge in [0.15, 0.2) is 0 Å². The Morgan fingerprint density at radius 2 is 2.14 bits per heavy atom. The number of aromatic carboxylic acids is 1. The summed E-state index contributed by atoms with van der Waals surface area (Å²) in [4.78, 5) is 40.0. The van der Waals surface area contributed by atoms with Gasteiger partial charge in [-0.2, -0.15) is 0 Å². The van der Waals surface area contributed by atoms with Crippen LogP contribution in [0.25, 0.3) is 0 Å². The molecular formula is C13H7BrN2O4S. The van der Waals surface area contributed by atoms with E-state index in [1.54, 1.807) is 23.6 Å². The largest absolute Gasteiger partial charge is 0.476 e. The number of hydrogen-bond donors (Lipinski definition) is 1. The summed E-state index contributed by atoms with van der Waals surface area (Å²) in [5.74, 6) is -2.31. The number of anilines is 1. The molecule has 0 radical (unpaired) electrons. The molecule has 1 amide bonds. The van der Waals surface area contributed by atoms with Crippen molar-refractivity contribution in [2.45, 2.75) is 6.54 Å². The maximum absolute atomic E-state index is 12.0. The van der Waals surface area contributed by atoms with Gasteiger partial charge >= 0.3 is 5.97 Å². The van der Waals surface area contributed by atoms with E-state index < -0.39 is 17.7 Å². The lowest BCUT2D eigenvalue weighted by Gasteiger charge is -2.14. The van der Waals surface area contributed by atoms with Gasteiger partial charge in [0.25, 0.3) is 11.7 Å². The minimum absolute atomic E-state index is 0.0426. The van der Waals surface area contributed by atoms with Gasteiger partial charge in [0, 0.05) is 9.85 Å². The Hall–Kier alpha value is -2.06. The predicted octanol–water partition coefficient (Wildman–Crippen LogP) is 2.33. The van der Waals surface area contributed by atoms with Gasteiger partial charge in [0.2, 0.25) is 5.01 Å². The van der Waals surface area contributed by atoms with E-state index in [1.165, 1.54) is 4.90 Å². The zero-order valence-corrected chi connectivity index (χ0v) is 12.8. The van der Waals surface area contributed by atoms with E-state index in [4.69, 9.17) is 5.11 Å². The van der Waals surface area contributed by atoms with Gasteiger partial charge in [-0.1, -0.05) is 15.9 Å². The monoisotopic (exact) mass is 366 g/mol. The maximum Gasteiger partial charge on any atom is 0.365 e. The molecule has 21 heavy (non-hydrogen) atoms. The van der Waals surface area contributed by atoms with Crippen molar-refractivity contribution >= 4 is 50.6 Å². The van der Waals surface area contributed by atoms with Crippen LogP contribution in [-0.4, -0.2) is 27.8 Å². The number of carboxylic acid groups (broad SMARTS) is 1. The number of nitrogens with zero attached hydrogens (tertiary/aromatic N) is 2. The molecule has 0 aliphatic carbocycles. The van der Waals surface area contributed by atoms with Crippen molar-refractivity contribution in [3.63, 3.8) is 0 Å². The number of carboxylic acids is 1. The summed E-state index contributed by atoms with van der Waals surface area (Å²) in [5, 5.41) is 10.4. The zero-order chi connectivity index (χ0) is 15.1. The van der Waals surface area contributed by atoms with Crippen molar-refractivity contribution in [3.05, 3.63) is 44.3 Å². The number of Topliss-reactive ketones (excluding diaryl/α,β-unsaturated/α-hetero) is 1. The molecule has 2 heterocycles. The molecule has 0 saturated heterocycles. The van der Waals surface area contributed by atoms with Crippen LogP contribution in [0.2, 0.25) is 0 Å². The lowest BCUT2D eigenvalue weighted by Crippen LogP contribution is -2.29. The summed E-state index contributed by atoms with van der Waals surface area (Å²) in [6.07, 6.45) is 0. The first kappa shape index (κ1) is 13.9. The number of fused-ring (bicyclic) bond motifs is 1. The van der Waals surface area contributed by atoms with Gasteiger partial charge in [-0.3, -0.25) is 14.5 Å². The lowest BCUT2D eigenvalue weighted by atomic mass is 10.1. The van der Waals surface area contributed by atoms with Gasteiger partial charge in [-0.05, 0) is 18.2 Å². The van der Waals surface area contributed by atoms with Gasteiger partial charge in [0.1, 0.15) is 0 Å². The molecule has 2 aromatic rings. The maximum atomic E-state index is 12.0.